The summed E-state index contributed by atoms with van der Waals surface area (Å²) in [5.41, 5.74) is 2.17. The first-order valence-electron chi connectivity index (χ1n) is 5.39. The molecule has 16 heavy (non-hydrogen) atoms. The first-order valence-corrected chi connectivity index (χ1v) is 6.27. The Hall–Kier alpha value is -1.13. The molecule has 2 aromatic heterocycles. The second-order valence-corrected chi connectivity index (χ2v) is 5.03. The van der Waals surface area contributed by atoms with Crippen LogP contribution >= 0.6 is 11.3 Å². The van der Waals surface area contributed by atoms with E-state index in [1.807, 2.05) is 0 Å². The molecule has 0 aromatic carbocycles. The van der Waals surface area contributed by atoms with Crippen LogP contribution in [0, 0.1) is 6.92 Å². The van der Waals surface area contributed by atoms with E-state index in [0.717, 1.165) is 23.0 Å². The van der Waals surface area contributed by atoms with Gasteiger partial charge in [0.15, 0.2) is 0 Å². The standard InChI is InChI=1S/C12H16N2OS/c1-8(2)13-6-10-7-15-12(14-10)11-9(3)4-5-16-11/h4-5,7-8,13H,6H2,1-3H3. The van der Waals surface area contributed by atoms with Crippen LogP contribution in [0.25, 0.3) is 10.8 Å². The summed E-state index contributed by atoms with van der Waals surface area (Å²) in [6.07, 6.45) is 1.73. The molecule has 3 nitrogen and oxygen atoms in total. The molecule has 0 saturated carbocycles. The maximum absolute atomic E-state index is 5.48. The number of oxazole rings is 1. The van der Waals surface area contributed by atoms with Crippen LogP contribution in [0.1, 0.15) is 25.1 Å². The van der Waals surface area contributed by atoms with Gasteiger partial charge < -0.3 is 9.73 Å². The van der Waals surface area contributed by atoms with Crippen LogP contribution in [0.2, 0.25) is 0 Å². The molecule has 0 atom stereocenters. The summed E-state index contributed by atoms with van der Waals surface area (Å²) in [6.45, 7) is 7.06. The third-order valence-electron chi connectivity index (χ3n) is 2.30. The number of nitrogens with zero attached hydrogens (tertiary/aromatic N) is 1. The molecule has 0 unspecified atom stereocenters. The van der Waals surface area contributed by atoms with E-state index in [9.17, 15) is 0 Å². The van der Waals surface area contributed by atoms with E-state index in [0.29, 0.717) is 6.04 Å². The molecule has 0 aliphatic rings. The monoisotopic (exact) mass is 236 g/mol. The van der Waals surface area contributed by atoms with Crippen LogP contribution in [-0.4, -0.2) is 11.0 Å². The summed E-state index contributed by atoms with van der Waals surface area (Å²) in [6, 6.07) is 2.54. The number of hydrogen-bond donors (Lipinski definition) is 1. The smallest absolute Gasteiger partial charge is 0.236 e. The van der Waals surface area contributed by atoms with Crippen LogP contribution in [0.5, 0.6) is 0 Å². The van der Waals surface area contributed by atoms with Crippen molar-refractivity contribution in [2.75, 3.05) is 0 Å². The fourth-order valence-electron chi connectivity index (χ4n) is 1.39. The Labute approximate surface area is 99.5 Å². The van der Waals surface area contributed by atoms with E-state index >= 15 is 0 Å². The minimum absolute atomic E-state index is 0.462. The molecule has 0 amide bonds. The Morgan fingerprint density at radius 2 is 2.31 bits per heavy atom. The normalized spacial score (nSPS) is 11.2. The number of aryl methyl sites for hydroxylation is 1. The molecule has 1 N–H and O–H groups in total. The fraction of sp³-hybridized carbons (Fsp3) is 0.417. The van der Waals surface area contributed by atoms with Gasteiger partial charge in [-0.15, -0.1) is 11.3 Å². The zero-order valence-electron chi connectivity index (χ0n) is 9.78. The van der Waals surface area contributed by atoms with Crippen molar-refractivity contribution in [3.63, 3.8) is 0 Å². The average molecular weight is 236 g/mol. The molecule has 4 heteroatoms. The van der Waals surface area contributed by atoms with Crippen molar-refractivity contribution in [1.82, 2.24) is 10.3 Å². The van der Waals surface area contributed by atoms with Gasteiger partial charge in [0.2, 0.25) is 5.89 Å². The molecule has 0 aliphatic heterocycles. The highest BCUT2D eigenvalue weighted by Gasteiger charge is 2.10. The molecule has 2 aromatic rings. The number of nitrogens with one attached hydrogen (secondary N) is 1. The fourth-order valence-corrected chi connectivity index (χ4v) is 2.25. The van der Waals surface area contributed by atoms with Crippen LogP contribution in [0.4, 0.5) is 0 Å². The number of rotatable bonds is 4. The lowest BCUT2D eigenvalue weighted by Gasteiger charge is -2.03. The lowest BCUT2D eigenvalue weighted by Crippen LogP contribution is -2.21. The Bertz CT molecular complexity index is 459. The van der Waals surface area contributed by atoms with E-state index in [4.69, 9.17) is 4.42 Å². The first-order chi connectivity index (χ1) is 7.66. The van der Waals surface area contributed by atoms with Crippen LogP contribution in [-0.2, 0) is 6.54 Å². The molecule has 0 radical (unpaired) electrons. The topological polar surface area (TPSA) is 38.1 Å². The molecule has 86 valence electrons. The summed E-state index contributed by atoms with van der Waals surface area (Å²) in [4.78, 5) is 5.59. The molecule has 0 saturated heterocycles. The lowest BCUT2D eigenvalue weighted by atomic mass is 10.3. The highest BCUT2D eigenvalue weighted by atomic mass is 32.1. The largest absolute Gasteiger partial charge is 0.444 e. The van der Waals surface area contributed by atoms with E-state index in [2.05, 4.69) is 42.5 Å². The summed E-state index contributed by atoms with van der Waals surface area (Å²) in [5, 5.41) is 5.37. The van der Waals surface area contributed by atoms with Crippen molar-refractivity contribution in [1.29, 1.82) is 0 Å². The summed E-state index contributed by atoms with van der Waals surface area (Å²) in [5.74, 6) is 0.730. The van der Waals surface area contributed by atoms with Gasteiger partial charge in [-0.05, 0) is 23.9 Å². The number of thiophene rings is 1. The van der Waals surface area contributed by atoms with Gasteiger partial charge in [0.1, 0.15) is 6.26 Å². The van der Waals surface area contributed by atoms with Crippen molar-refractivity contribution < 1.29 is 4.42 Å². The van der Waals surface area contributed by atoms with Gasteiger partial charge in [0, 0.05) is 12.6 Å². The summed E-state index contributed by atoms with van der Waals surface area (Å²) >= 11 is 1.66. The van der Waals surface area contributed by atoms with Gasteiger partial charge in [-0.2, -0.15) is 0 Å². The van der Waals surface area contributed by atoms with E-state index < -0.39 is 0 Å². The van der Waals surface area contributed by atoms with Gasteiger partial charge in [0.05, 0.1) is 10.6 Å². The van der Waals surface area contributed by atoms with Crippen LogP contribution in [0.15, 0.2) is 22.1 Å². The lowest BCUT2D eigenvalue weighted by molar-refractivity contribution is 0.560. The van der Waals surface area contributed by atoms with Gasteiger partial charge in [-0.1, -0.05) is 13.8 Å². The molecule has 0 spiro atoms. The molecule has 2 rings (SSSR count). The first kappa shape index (κ1) is 11.4. The van der Waals surface area contributed by atoms with Crippen molar-refractivity contribution >= 4 is 11.3 Å². The SMILES string of the molecule is Cc1ccsc1-c1nc(CNC(C)C)co1. The average Bonchev–Trinajstić information content (AvgIpc) is 2.83. The minimum Gasteiger partial charge on any atom is -0.444 e. The van der Waals surface area contributed by atoms with Gasteiger partial charge >= 0.3 is 0 Å². The highest BCUT2D eigenvalue weighted by molar-refractivity contribution is 7.13. The summed E-state index contributed by atoms with van der Waals surface area (Å²) in [7, 11) is 0. The maximum Gasteiger partial charge on any atom is 0.236 e. The molecule has 2 heterocycles. The van der Waals surface area contributed by atoms with E-state index in [-0.39, 0.29) is 0 Å². The van der Waals surface area contributed by atoms with Gasteiger partial charge in [-0.25, -0.2) is 4.98 Å². The molecule has 0 fully saturated rings. The Morgan fingerprint density at radius 1 is 1.50 bits per heavy atom. The Kier molecular flexibility index (Phi) is 3.41. The number of aromatic nitrogens is 1. The molecular weight excluding hydrogens is 220 g/mol. The zero-order chi connectivity index (χ0) is 11.5. The quantitative estimate of drug-likeness (QED) is 0.885. The third kappa shape index (κ3) is 2.51. The molecular formula is C12H16N2OS. The highest BCUT2D eigenvalue weighted by Crippen LogP contribution is 2.28. The minimum atomic E-state index is 0.462. The van der Waals surface area contributed by atoms with Crippen molar-refractivity contribution in [2.45, 2.75) is 33.4 Å². The van der Waals surface area contributed by atoms with E-state index in [1.54, 1.807) is 17.6 Å². The second kappa shape index (κ2) is 4.80. The van der Waals surface area contributed by atoms with Crippen molar-refractivity contribution in [3.8, 4) is 10.8 Å². The van der Waals surface area contributed by atoms with Crippen LogP contribution in [0.3, 0.4) is 0 Å². The maximum atomic E-state index is 5.48. The van der Waals surface area contributed by atoms with Gasteiger partial charge in [-0.3, -0.25) is 0 Å². The predicted molar refractivity (Wildman–Crippen MR) is 66.5 cm³/mol. The predicted octanol–water partition coefficient (Wildman–Crippen LogP) is 3.21. The Balaban J connectivity index is 2.11. The van der Waals surface area contributed by atoms with Crippen molar-refractivity contribution in [3.05, 3.63) is 29.0 Å². The van der Waals surface area contributed by atoms with Crippen LogP contribution < -0.4 is 5.32 Å². The molecule has 0 aliphatic carbocycles. The third-order valence-corrected chi connectivity index (χ3v) is 3.30. The van der Waals surface area contributed by atoms with Crippen molar-refractivity contribution in [2.24, 2.45) is 0 Å². The summed E-state index contributed by atoms with van der Waals surface area (Å²) < 4.78 is 5.48. The molecule has 0 bridgehead atoms. The second-order valence-electron chi connectivity index (χ2n) is 4.11. The number of hydrogen-bond acceptors (Lipinski definition) is 4. The Morgan fingerprint density at radius 3 is 2.94 bits per heavy atom. The zero-order valence-corrected chi connectivity index (χ0v) is 10.6. The van der Waals surface area contributed by atoms with E-state index in [1.165, 1.54) is 5.56 Å². The van der Waals surface area contributed by atoms with Gasteiger partial charge in [0.25, 0.3) is 0 Å².